The highest BCUT2D eigenvalue weighted by molar-refractivity contribution is 8.02. The van der Waals surface area contributed by atoms with Crippen molar-refractivity contribution in [2.45, 2.75) is 41.3 Å². The van der Waals surface area contributed by atoms with Gasteiger partial charge >= 0.3 is 0 Å². The molecule has 2 heterocycles. The summed E-state index contributed by atoms with van der Waals surface area (Å²) >= 11 is 3.12. The maximum atomic E-state index is 13.0. The lowest BCUT2D eigenvalue weighted by Crippen LogP contribution is -2.34. The molecule has 5 nitrogen and oxygen atoms in total. The maximum absolute atomic E-state index is 13.0. The molecular weight excluding hydrogens is 352 g/mol. The molecule has 0 N–H and O–H groups in total. The Kier molecular flexibility index (Phi) is 4.69. The molecule has 7 heteroatoms. The van der Waals surface area contributed by atoms with E-state index in [1.807, 2.05) is 19.0 Å². The number of benzene rings is 1. The third-order valence-corrected chi connectivity index (χ3v) is 7.36. The number of thioether (sulfide) groups is 1. The van der Waals surface area contributed by atoms with E-state index < -0.39 is 0 Å². The zero-order chi connectivity index (χ0) is 17.4. The molecule has 1 fully saturated rings. The van der Waals surface area contributed by atoms with E-state index in [-0.39, 0.29) is 17.2 Å². The van der Waals surface area contributed by atoms with Crippen LogP contribution in [0.5, 0.6) is 0 Å². The van der Waals surface area contributed by atoms with Gasteiger partial charge in [0.05, 0.1) is 11.3 Å². The van der Waals surface area contributed by atoms with Gasteiger partial charge in [0, 0.05) is 20.6 Å². The van der Waals surface area contributed by atoms with E-state index in [1.165, 1.54) is 11.1 Å². The normalized spacial score (nSPS) is 23.0. The highest BCUT2D eigenvalue weighted by Crippen LogP contribution is 2.40. The van der Waals surface area contributed by atoms with Gasteiger partial charge in [0.15, 0.2) is 4.34 Å². The Labute approximate surface area is 156 Å². The fourth-order valence-corrected chi connectivity index (χ4v) is 5.76. The summed E-state index contributed by atoms with van der Waals surface area (Å²) in [7, 11) is 3.91. The number of rotatable bonds is 4. The minimum Gasteiger partial charge on any atom is -0.353 e. The second-order valence-corrected chi connectivity index (χ2v) is 9.18. The molecule has 1 aliphatic heterocycles. The summed E-state index contributed by atoms with van der Waals surface area (Å²) in [6.07, 6.45) is 4.25. The van der Waals surface area contributed by atoms with Crippen LogP contribution in [-0.2, 0) is 11.2 Å². The molecule has 0 bridgehead atoms. The Bertz CT molecular complexity index is 776. The first-order valence-electron chi connectivity index (χ1n) is 8.69. The molecule has 25 heavy (non-hydrogen) atoms. The van der Waals surface area contributed by atoms with Gasteiger partial charge in [0.2, 0.25) is 11.0 Å². The minimum atomic E-state index is -0.0305. The largest absolute Gasteiger partial charge is 0.353 e. The van der Waals surface area contributed by atoms with Crippen molar-refractivity contribution in [3.05, 3.63) is 35.4 Å². The molecular formula is C18H22N4OS2. The summed E-state index contributed by atoms with van der Waals surface area (Å²) in [6, 6.07) is 8.84. The van der Waals surface area contributed by atoms with E-state index in [4.69, 9.17) is 0 Å². The number of amides is 1. The van der Waals surface area contributed by atoms with Gasteiger partial charge in [-0.25, -0.2) is 0 Å². The summed E-state index contributed by atoms with van der Waals surface area (Å²) in [6.45, 7) is 0.842. The van der Waals surface area contributed by atoms with Gasteiger partial charge in [0.25, 0.3) is 0 Å². The van der Waals surface area contributed by atoms with Crippen molar-refractivity contribution >= 4 is 34.1 Å². The number of nitrogens with zero attached hydrogens (tertiary/aromatic N) is 4. The van der Waals surface area contributed by atoms with Crippen LogP contribution in [0, 0.1) is 0 Å². The summed E-state index contributed by atoms with van der Waals surface area (Å²) in [5, 5.41) is 9.25. The van der Waals surface area contributed by atoms with Gasteiger partial charge in [-0.3, -0.25) is 4.79 Å². The SMILES string of the molecule is CN(C)c1nnc(SC2CCN(C3CCCc4ccccc43)C2=O)s1. The highest BCUT2D eigenvalue weighted by atomic mass is 32.2. The average molecular weight is 375 g/mol. The first-order valence-corrected chi connectivity index (χ1v) is 10.4. The molecule has 1 aliphatic carbocycles. The number of carbonyl (C=O) groups excluding carboxylic acids is 1. The quantitative estimate of drug-likeness (QED) is 0.821. The molecule has 0 saturated carbocycles. The van der Waals surface area contributed by atoms with Crippen LogP contribution < -0.4 is 4.90 Å². The molecule has 1 saturated heterocycles. The average Bonchev–Trinajstić information content (AvgIpc) is 3.23. The summed E-state index contributed by atoms with van der Waals surface area (Å²) in [5.41, 5.74) is 2.75. The smallest absolute Gasteiger partial charge is 0.236 e. The first kappa shape index (κ1) is 16.8. The van der Waals surface area contributed by atoms with E-state index in [9.17, 15) is 4.79 Å². The fourth-order valence-electron chi connectivity index (χ4n) is 3.70. The molecule has 1 aromatic carbocycles. The van der Waals surface area contributed by atoms with Crippen molar-refractivity contribution in [3.8, 4) is 0 Å². The lowest BCUT2D eigenvalue weighted by Gasteiger charge is -2.33. The Morgan fingerprint density at radius 1 is 1.24 bits per heavy atom. The minimum absolute atomic E-state index is 0.0305. The van der Waals surface area contributed by atoms with Gasteiger partial charge in [-0.15, -0.1) is 10.2 Å². The molecule has 0 spiro atoms. The number of anilines is 1. The van der Waals surface area contributed by atoms with Crippen molar-refractivity contribution < 1.29 is 4.79 Å². The van der Waals surface area contributed by atoms with E-state index in [0.717, 1.165) is 41.7 Å². The topological polar surface area (TPSA) is 49.3 Å². The molecule has 2 aliphatic rings. The monoisotopic (exact) mass is 374 g/mol. The second kappa shape index (κ2) is 6.96. The standard InChI is InChI=1S/C18H22N4OS2/c1-21(2)17-19-20-18(25-17)24-15-10-11-22(16(15)23)14-9-5-7-12-6-3-4-8-13(12)14/h3-4,6,8,14-15H,5,7,9-11H2,1-2H3. The second-order valence-electron chi connectivity index (χ2n) is 6.78. The van der Waals surface area contributed by atoms with Crippen LogP contribution in [0.2, 0.25) is 0 Å². The third kappa shape index (κ3) is 3.27. The van der Waals surface area contributed by atoms with E-state index in [1.54, 1.807) is 23.1 Å². The Hall–Kier alpha value is -1.60. The van der Waals surface area contributed by atoms with E-state index in [2.05, 4.69) is 39.4 Å². The van der Waals surface area contributed by atoms with E-state index in [0.29, 0.717) is 0 Å². The van der Waals surface area contributed by atoms with E-state index >= 15 is 0 Å². The molecule has 1 amide bonds. The molecule has 2 unspecified atom stereocenters. The van der Waals surface area contributed by atoms with Crippen LogP contribution in [0.4, 0.5) is 5.13 Å². The number of hydrogen-bond donors (Lipinski definition) is 0. The van der Waals surface area contributed by atoms with Crippen LogP contribution in [0.1, 0.15) is 36.4 Å². The van der Waals surface area contributed by atoms with Gasteiger partial charge in [0.1, 0.15) is 0 Å². The summed E-state index contributed by atoms with van der Waals surface area (Å²) in [5.74, 6) is 0.258. The zero-order valence-corrected chi connectivity index (χ0v) is 16.1. The lowest BCUT2D eigenvalue weighted by atomic mass is 9.87. The van der Waals surface area contributed by atoms with Gasteiger partial charge in [-0.1, -0.05) is 47.4 Å². The molecule has 4 rings (SSSR count). The van der Waals surface area contributed by atoms with Crippen molar-refractivity contribution in [1.82, 2.24) is 15.1 Å². The van der Waals surface area contributed by atoms with Gasteiger partial charge in [-0.2, -0.15) is 0 Å². The number of aryl methyl sites for hydroxylation is 1. The molecule has 132 valence electrons. The van der Waals surface area contributed by atoms with Crippen LogP contribution in [0.3, 0.4) is 0 Å². The van der Waals surface area contributed by atoms with Gasteiger partial charge in [-0.05, 0) is 36.8 Å². The molecule has 1 aromatic heterocycles. The third-order valence-electron chi connectivity index (χ3n) is 4.93. The predicted molar refractivity (Wildman–Crippen MR) is 102 cm³/mol. The predicted octanol–water partition coefficient (Wildman–Crippen LogP) is 3.37. The summed E-state index contributed by atoms with van der Waals surface area (Å²) in [4.78, 5) is 17.1. The number of fused-ring (bicyclic) bond motifs is 1. The van der Waals surface area contributed by atoms with Crippen molar-refractivity contribution in [2.75, 3.05) is 25.5 Å². The molecule has 2 atom stereocenters. The van der Waals surface area contributed by atoms with Gasteiger partial charge < -0.3 is 9.80 Å². The maximum Gasteiger partial charge on any atom is 0.236 e. The number of carbonyl (C=O) groups is 1. The van der Waals surface area contributed by atoms with Crippen LogP contribution >= 0.6 is 23.1 Å². The van der Waals surface area contributed by atoms with Crippen LogP contribution in [0.25, 0.3) is 0 Å². The molecule has 2 aromatic rings. The number of hydrogen-bond acceptors (Lipinski definition) is 6. The first-order chi connectivity index (χ1) is 12.1. The number of aromatic nitrogens is 2. The summed E-state index contributed by atoms with van der Waals surface area (Å²) < 4.78 is 0.882. The van der Waals surface area contributed by atoms with Crippen molar-refractivity contribution in [2.24, 2.45) is 0 Å². The zero-order valence-electron chi connectivity index (χ0n) is 14.5. The van der Waals surface area contributed by atoms with Crippen molar-refractivity contribution in [1.29, 1.82) is 0 Å². The lowest BCUT2D eigenvalue weighted by molar-refractivity contribution is -0.129. The number of likely N-dealkylation sites (tertiary alicyclic amines) is 1. The fraction of sp³-hybridized carbons (Fsp3) is 0.500. The van der Waals surface area contributed by atoms with Crippen LogP contribution in [-0.4, -0.2) is 46.9 Å². The highest BCUT2D eigenvalue weighted by Gasteiger charge is 2.38. The Morgan fingerprint density at radius 2 is 2.08 bits per heavy atom. The Morgan fingerprint density at radius 3 is 2.88 bits per heavy atom. The molecule has 0 radical (unpaired) electrons. The van der Waals surface area contributed by atoms with Crippen molar-refractivity contribution in [3.63, 3.8) is 0 Å². The Balaban J connectivity index is 1.48. The van der Waals surface area contributed by atoms with Crippen LogP contribution in [0.15, 0.2) is 28.6 Å².